The van der Waals surface area contributed by atoms with Crippen LogP contribution in [0.4, 0.5) is 5.69 Å². The number of aromatic nitrogens is 4. The van der Waals surface area contributed by atoms with Crippen LogP contribution in [-0.2, 0) is 11.8 Å². The Bertz CT molecular complexity index is 968. The quantitative estimate of drug-likeness (QED) is 0.729. The van der Waals surface area contributed by atoms with Crippen LogP contribution in [0.1, 0.15) is 22.7 Å². The largest absolute Gasteiger partial charge is 0.325 e. The first kappa shape index (κ1) is 12.5. The summed E-state index contributed by atoms with van der Waals surface area (Å²) in [4.78, 5) is 20.8. The summed E-state index contributed by atoms with van der Waals surface area (Å²) in [6.45, 7) is 0. The van der Waals surface area contributed by atoms with Crippen molar-refractivity contribution in [2.24, 2.45) is 7.05 Å². The van der Waals surface area contributed by atoms with Crippen LogP contribution >= 0.6 is 0 Å². The van der Waals surface area contributed by atoms with E-state index in [0.717, 1.165) is 10.9 Å². The first-order valence-electron chi connectivity index (χ1n) is 6.66. The van der Waals surface area contributed by atoms with Crippen molar-refractivity contribution in [2.45, 2.75) is 5.92 Å². The van der Waals surface area contributed by atoms with E-state index >= 15 is 0 Å². The Balaban J connectivity index is 1.96. The Hall–Kier alpha value is -3.27. The number of nitrogens with one attached hydrogen (secondary N) is 1. The Labute approximate surface area is 125 Å². The highest BCUT2D eigenvalue weighted by Gasteiger charge is 2.34. The summed E-state index contributed by atoms with van der Waals surface area (Å²) in [5, 5.41) is 16.9. The fourth-order valence-electron chi connectivity index (χ4n) is 2.80. The summed E-state index contributed by atoms with van der Waals surface area (Å²) in [7, 11) is 1.79. The first-order valence-corrected chi connectivity index (χ1v) is 6.66. The minimum Gasteiger partial charge on any atom is -0.325 e. The predicted molar refractivity (Wildman–Crippen MR) is 77.9 cm³/mol. The average molecular weight is 290 g/mol. The van der Waals surface area contributed by atoms with Crippen molar-refractivity contribution < 1.29 is 4.79 Å². The summed E-state index contributed by atoms with van der Waals surface area (Å²) in [6.07, 6.45) is 3.20. The van der Waals surface area contributed by atoms with Crippen LogP contribution < -0.4 is 5.32 Å². The highest BCUT2D eigenvalue weighted by atomic mass is 16.2. The van der Waals surface area contributed by atoms with Gasteiger partial charge in [0.2, 0.25) is 5.91 Å². The maximum absolute atomic E-state index is 12.4. The molecule has 7 nitrogen and oxygen atoms in total. The number of carbonyl (C=O) groups is 1. The standard InChI is InChI=1S/C15H10N6O/c1-21-6-10-13(17-7-18-14(10)20-21)12-9-4-8(5-16)2-3-11(9)19-15(12)22/h2-4,6-7,12H,1H3,(H,19,22). The fourth-order valence-corrected chi connectivity index (χ4v) is 2.80. The summed E-state index contributed by atoms with van der Waals surface area (Å²) in [6, 6.07) is 7.25. The number of carbonyl (C=O) groups excluding carboxylic acids is 1. The van der Waals surface area contributed by atoms with E-state index in [1.54, 1.807) is 36.1 Å². The van der Waals surface area contributed by atoms with Gasteiger partial charge in [0.15, 0.2) is 5.65 Å². The number of nitrogens with zero attached hydrogens (tertiary/aromatic N) is 5. The van der Waals surface area contributed by atoms with E-state index in [1.807, 2.05) is 0 Å². The second-order valence-electron chi connectivity index (χ2n) is 5.14. The highest BCUT2D eigenvalue weighted by Crippen LogP contribution is 2.38. The number of anilines is 1. The van der Waals surface area contributed by atoms with E-state index in [9.17, 15) is 4.79 Å². The lowest BCUT2D eigenvalue weighted by Gasteiger charge is -2.08. The first-order chi connectivity index (χ1) is 10.7. The van der Waals surface area contributed by atoms with Crippen molar-refractivity contribution in [3.8, 4) is 6.07 Å². The SMILES string of the molecule is Cn1cc2c(C3C(=O)Nc4ccc(C#N)cc43)ncnc2n1. The van der Waals surface area contributed by atoms with E-state index in [2.05, 4.69) is 26.5 Å². The molecular weight excluding hydrogens is 280 g/mol. The number of hydrogen-bond acceptors (Lipinski definition) is 5. The van der Waals surface area contributed by atoms with Crippen molar-refractivity contribution in [3.05, 3.63) is 47.5 Å². The Morgan fingerprint density at radius 1 is 1.36 bits per heavy atom. The third-order valence-corrected chi connectivity index (χ3v) is 3.75. The van der Waals surface area contributed by atoms with Crippen molar-refractivity contribution in [2.75, 3.05) is 5.32 Å². The minimum absolute atomic E-state index is 0.158. The van der Waals surface area contributed by atoms with Gasteiger partial charge in [-0.05, 0) is 23.8 Å². The molecule has 1 aliphatic heterocycles. The zero-order valence-electron chi connectivity index (χ0n) is 11.6. The molecule has 1 aliphatic rings. The lowest BCUT2D eigenvalue weighted by Crippen LogP contribution is -2.14. The molecule has 0 spiro atoms. The molecule has 3 aromatic rings. The van der Waals surface area contributed by atoms with E-state index in [-0.39, 0.29) is 5.91 Å². The molecule has 22 heavy (non-hydrogen) atoms. The molecule has 0 fully saturated rings. The highest BCUT2D eigenvalue weighted by molar-refractivity contribution is 6.06. The van der Waals surface area contributed by atoms with Gasteiger partial charge in [0.05, 0.1) is 22.7 Å². The second-order valence-corrected chi connectivity index (χ2v) is 5.14. The molecule has 106 valence electrons. The smallest absolute Gasteiger partial charge is 0.238 e. The van der Waals surface area contributed by atoms with Gasteiger partial charge in [0.1, 0.15) is 12.2 Å². The summed E-state index contributed by atoms with van der Waals surface area (Å²) in [5.41, 5.74) is 3.13. The molecule has 0 saturated carbocycles. The number of benzene rings is 1. The zero-order valence-corrected chi connectivity index (χ0v) is 11.6. The Kier molecular flexibility index (Phi) is 2.47. The normalized spacial score (nSPS) is 16.4. The van der Waals surface area contributed by atoms with Crippen LogP contribution in [0.5, 0.6) is 0 Å². The molecule has 4 rings (SSSR count). The van der Waals surface area contributed by atoms with E-state index in [4.69, 9.17) is 5.26 Å². The Morgan fingerprint density at radius 3 is 3.05 bits per heavy atom. The van der Waals surface area contributed by atoms with Crippen molar-refractivity contribution >= 4 is 22.6 Å². The molecule has 1 unspecified atom stereocenters. The van der Waals surface area contributed by atoms with E-state index < -0.39 is 5.92 Å². The van der Waals surface area contributed by atoms with Gasteiger partial charge in [-0.1, -0.05) is 0 Å². The van der Waals surface area contributed by atoms with Crippen LogP contribution in [0.15, 0.2) is 30.7 Å². The molecule has 1 atom stereocenters. The van der Waals surface area contributed by atoms with Crippen molar-refractivity contribution in [1.29, 1.82) is 5.26 Å². The molecule has 0 radical (unpaired) electrons. The zero-order chi connectivity index (χ0) is 15.3. The van der Waals surface area contributed by atoms with Gasteiger partial charge < -0.3 is 5.32 Å². The van der Waals surface area contributed by atoms with Crippen molar-refractivity contribution in [1.82, 2.24) is 19.7 Å². The lowest BCUT2D eigenvalue weighted by molar-refractivity contribution is -0.116. The van der Waals surface area contributed by atoms with Crippen LogP contribution in [-0.4, -0.2) is 25.7 Å². The summed E-state index contributed by atoms with van der Waals surface area (Å²) < 4.78 is 1.64. The number of rotatable bonds is 1. The number of amides is 1. The van der Waals surface area contributed by atoms with Gasteiger partial charge in [-0.2, -0.15) is 10.4 Å². The van der Waals surface area contributed by atoms with Crippen LogP contribution in [0.2, 0.25) is 0 Å². The van der Waals surface area contributed by atoms with Gasteiger partial charge in [-0.25, -0.2) is 9.97 Å². The minimum atomic E-state index is -0.557. The maximum atomic E-state index is 12.4. The number of fused-ring (bicyclic) bond motifs is 2. The molecule has 7 heteroatoms. The molecule has 2 aromatic heterocycles. The average Bonchev–Trinajstić information content (AvgIpc) is 3.04. The third kappa shape index (κ3) is 1.67. The maximum Gasteiger partial charge on any atom is 0.238 e. The van der Waals surface area contributed by atoms with Crippen LogP contribution in [0.25, 0.3) is 11.0 Å². The van der Waals surface area contributed by atoms with Crippen LogP contribution in [0, 0.1) is 11.3 Å². The monoisotopic (exact) mass is 290 g/mol. The molecule has 1 aromatic carbocycles. The molecular formula is C15H10N6O. The molecule has 0 aliphatic carbocycles. The lowest BCUT2D eigenvalue weighted by atomic mass is 9.94. The van der Waals surface area contributed by atoms with Gasteiger partial charge in [-0.3, -0.25) is 9.48 Å². The number of nitriles is 1. The molecule has 0 saturated heterocycles. The molecule has 1 amide bonds. The van der Waals surface area contributed by atoms with Gasteiger partial charge >= 0.3 is 0 Å². The van der Waals surface area contributed by atoms with E-state index in [1.165, 1.54) is 6.33 Å². The summed E-state index contributed by atoms with van der Waals surface area (Å²) >= 11 is 0. The predicted octanol–water partition coefficient (Wildman–Crippen LogP) is 1.32. The molecule has 0 bridgehead atoms. The number of aryl methyl sites for hydroxylation is 1. The summed E-state index contributed by atoms with van der Waals surface area (Å²) in [5.74, 6) is -0.716. The second kappa shape index (κ2) is 4.36. The molecule has 3 heterocycles. The van der Waals surface area contributed by atoms with Gasteiger partial charge in [-0.15, -0.1) is 0 Å². The third-order valence-electron chi connectivity index (χ3n) is 3.75. The topological polar surface area (TPSA) is 96.5 Å². The number of hydrogen-bond donors (Lipinski definition) is 1. The van der Waals surface area contributed by atoms with Gasteiger partial charge in [0.25, 0.3) is 0 Å². The van der Waals surface area contributed by atoms with Crippen LogP contribution in [0.3, 0.4) is 0 Å². The fraction of sp³-hybridized carbons (Fsp3) is 0.133. The molecule has 1 N–H and O–H groups in total. The van der Waals surface area contributed by atoms with Crippen molar-refractivity contribution in [3.63, 3.8) is 0 Å². The van der Waals surface area contributed by atoms with E-state index in [0.29, 0.717) is 22.6 Å². The Morgan fingerprint density at radius 2 is 2.23 bits per heavy atom. The van der Waals surface area contributed by atoms with Gasteiger partial charge in [0, 0.05) is 18.9 Å².